The fourth-order valence-corrected chi connectivity index (χ4v) is 12.3. The van der Waals surface area contributed by atoms with Crippen LogP contribution in [0.25, 0.3) is 21.7 Å². The molecule has 3 aromatic heterocycles. The van der Waals surface area contributed by atoms with Gasteiger partial charge in [-0.15, -0.1) is 21.5 Å². The van der Waals surface area contributed by atoms with Crippen LogP contribution >= 0.6 is 11.3 Å². The van der Waals surface area contributed by atoms with Crippen LogP contribution in [0.5, 0.6) is 5.75 Å². The Bertz CT molecular complexity index is 2700. The Morgan fingerprint density at radius 2 is 1.59 bits per heavy atom. The number of aliphatic hydroxyl groups is 1. The molecule has 5 aromatic rings. The molecule has 1 saturated carbocycles. The number of thiazole rings is 1. The number of rotatable bonds is 13. The molecular formula is C53H66N12O5S. The molecule has 0 spiro atoms. The zero-order valence-electron chi connectivity index (χ0n) is 41.1. The first-order chi connectivity index (χ1) is 34.2. The van der Waals surface area contributed by atoms with Crippen molar-refractivity contribution in [2.24, 2.45) is 17.3 Å². The van der Waals surface area contributed by atoms with E-state index in [1.807, 2.05) is 88.1 Å². The number of aryl methyl sites for hydroxylation is 1. The SMILES string of the molecule is Cc1ncsc1-c1ccc(CNC(=O)[C@@H]2C[C@@H](O)CN2C(=O)[C@@H](NC(=O)C2CC(CN3CCC(c4cnc(N5C6CCC5CN(c5cc(-c7ccccc7O)nnc5N)C6)nc4)CC3)C2)C(C)(C)C)cc1. The van der Waals surface area contributed by atoms with Crippen LogP contribution in [-0.2, 0) is 20.9 Å². The average Bonchev–Trinajstić information content (AvgIpc) is 4.04. The molecule has 5 aliphatic rings. The summed E-state index contributed by atoms with van der Waals surface area (Å²) in [6.07, 6.45) is 9.02. The van der Waals surface area contributed by atoms with Gasteiger partial charge in [0.15, 0.2) is 5.82 Å². The third kappa shape index (κ3) is 10.3. The van der Waals surface area contributed by atoms with Gasteiger partial charge in [0.05, 0.1) is 33.6 Å². The normalized spacial score (nSPS) is 24.2. The molecule has 1 aliphatic carbocycles. The predicted molar refractivity (Wildman–Crippen MR) is 273 cm³/mol. The summed E-state index contributed by atoms with van der Waals surface area (Å²) < 4.78 is 0. The molecule has 6 N–H and O–H groups in total. The van der Waals surface area contributed by atoms with E-state index in [0.29, 0.717) is 28.9 Å². The van der Waals surface area contributed by atoms with Crippen LogP contribution in [0.15, 0.2) is 72.5 Å². The number of piperidine rings is 1. The lowest BCUT2D eigenvalue weighted by atomic mass is 9.73. The van der Waals surface area contributed by atoms with Gasteiger partial charge in [0.2, 0.25) is 23.7 Å². The van der Waals surface area contributed by atoms with Crippen LogP contribution in [0.3, 0.4) is 0 Å². The molecule has 4 saturated heterocycles. The summed E-state index contributed by atoms with van der Waals surface area (Å²) >= 11 is 1.59. The van der Waals surface area contributed by atoms with Gasteiger partial charge >= 0.3 is 0 Å². The van der Waals surface area contributed by atoms with Crippen LogP contribution in [0.4, 0.5) is 17.5 Å². The lowest BCUT2D eigenvalue weighted by Crippen LogP contribution is -2.59. The molecule has 5 fully saturated rings. The summed E-state index contributed by atoms with van der Waals surface area (Å²) in [5.41, 5.74) is 13.8. The van der Waals surface area contributed by atoms with E-state index >= 15 is 0 Å². The van der Waals surface area contributed by atoms with Gasteiger partial charge in [-0.05, 0) is 111 Å². The maximum atomic E-state index is 14.2. The first kappa shape index (κ1) is 48.4. The monoisotopic (exact) mass is 982 g/mol. The fraction of sp³-hybridized carbons (Fsp3) is 0.509. The number of likely N-dealkylation sites (tertiary alicyclic amines) is 2. The Balaban J connectivity index is 0.673. The minimum Gasteiger partial charge on any atom is -0.507 e. The van der Waals surface area contributed by atoms with E-state index in [2.05, 4.69) is 40.5 Å². The number of hydrogen-bond donors (Lipinski definition) is 5. The summed E-state index contributed by atoms with van der Waals surface area (Å²) in [6.45, 7) is 12.5. The summed E-state index contributed by atoms with van der Waals surface area (Å²) in [6, 6.07) is 15.8. The summed E-state index contributed by atoms with van der Waals surface area (Å²) in [5.74, 6) is 1.13. The zero-order chi connectivity index (χ0) is 49.6. The van der Waals surface area contributed by atoms with E-state index in [-0.39, 0.29) is 61.0 Å². The molecule has 0 radical (unpaired) electrons. The first-order valence-corrected chi connectivity index (χ1v) is 26.1. The highest BCUT2D eigenvalue weighted by Gasteiger charge is 2.46. The number of benzene rings is 2. The lowest BCUT2D eigenvalue weighted by molar-refractivity contribution is -0.145. The quantitative estimate of drug-likeness (QED) is 0.0981. The Morgan fingerprint density at radius 1 is 0.887 bits per heavy atom. The molecule has 2 aromatic carbocycles. The highest BCUT2D eigenvalue weighted by Crippen LogP contribution is 2.40. The van der Waals surface area contributed by atoms with Gasteiger partial charge in [-0.1, -0.05) is 57.2 Å². The molecule has 4 aliphatic heterocycles. The van der Waals surface area contributed by atoms with E-state index < -0.39 is 23.6 Å². The number of hydrogen-bond acceptors (Lipinski definition) is 15. The van der Waals surface area contributed by atoms with Crippen molar-refractivity contribution < 1.29 is 24.6 Å². The smallest absolute Gasteiger partial charge is 0.246 e. The van der Waals surface area contributed by atoms with Gasteiger partial charge in [-0.3, -0.25) is 14.4 Å². The van der Waals surface area contributed by atoms with E-state index in [4.69, 9.17) is 15.7 Å². The van der Waals surface area contributed by atoms with Crippen LogP contribution in [0.1, 0.15) is 88.5 Å². The van der Waals surface area contributed by atoms with E-state index in [1.54, 1.807) is 23.5 Å². The van der Waals surface area contributed by atoms with E-state index in [1.165, 1.54) is 10.5 Å². The molecule has 10 rings (SSSR count). The van der Waals surface area contributed by atoms with Crippen molar-refractivity contribution in [1.29, 1.82) is 0 Å². The molecule has 7 heterocycles. The van der Waals surface area contributed by atoms with Gasteiger partial charge < -0.3 is 46.2 Å². The minimum atomic E-state index is -0.850. The first-order valence-electron chi connectivity index (χ1n) is 25.2. The highest BCUT2D eigenvalue weighted by molar-refractivity contribution is 7.13. The molecule has 374 valence electrons. The van der Waals surface area contributed by atoms with Crippen molar-refractivity contribution in [3.05, 3.63) is 89.3 Å². The van der Waals surface area contributed by atoms with Crippen molar-refractivity contribution in [2.45, 2.75) is 115 Å². The number of piperazine rings is 1. The average molecular weight is 983 g/mol. The standard InChI is InChI=1S/C53H66N12O5S/c1-31-46(71-30-58-31)35-11-9-32(10-12-35)23-55-50(69)44-21-40(66)29-64(44)51(70)47(53(2,3)4)59-49(68)36-19-33(20-36)26-62-17-15-34(16-18-62)37-24-56-52(57-25-37)65-38-13-14-39(65)28-63(27-38)43-22-42(60-61-48(43)54)41-7-5-6-8-45(41)67/h5-12,22,24-25,30,33-34,36,38-40,44,47,66-67H,13-21,23,26-29H2,1-4H3,(H2,54,61)(H,55,69)(H,59,68)/t33?,36?,38?,39?,40-,44+,47-/m1/s1. The number of fused-ring (bicyclic) bond motifs is 2. The Morgan fingerprint density at radius 3 is 2.25 bits per heavy atom. The second-order valence-electron chi connectivity index (χ2n) is 21.5. The van der Waals surface area contributed by atoms with Gasteiger partial charge in [0.1, 0.15) is 17.8 Å². The van der Waals surface area contributed by atoms with Crippen LogP contribution in [0.2, 0.25) is 0 Å². The van der Waals surface area contributed by atoms with Gasteiger partial charge in [0.25, 0.3) is 0 Å². The molecular weight excluding hydrogens is 917 g/mol. The number of amides is 3. The number of carbonyl (C=O) groups excluding carboxylic acids is 3. The number of para-hydroxylation sites is 1. The van der Waals surface area contributed by atoms with Crippen molar-refractivity contribution in [1.82, 2.24) is 45.6 Å². The number of carbonyl (C=O) groups is 3. The Hall–Kier alpha value is -6.24. The molecule has 17 nitrogen and oxygen atoms in total. The number of nitrogen functional groups attached to an aromatic ring is 1. The third-order valence-corrected chi connectivity index (χ3v) is 16.5. The molecule has 71 heavy (non-hydrogen) atoms. The molecule has 3 amide bonds. The number of nitrogens with two attached hydrogens (primary N) is 1. The Kier molecular flexibility index (Phi) is 13.7. The number of anilines is 3. The summed E-state index contributed by atoms with van der Waals surface area (Å²) in [4.78, 5) is 65.5. The number of aromatic hydroxyl groups is 1. The number of phenols is 1. The third-order valence-electron chi connectivity index (χ3n) is 15.6. The van der Waals surface area contributed by atoms with Gasteiger partial charge in [0, 0.05) is 75.1 Å². The van der Waals surface area contributed by atoms with Crippen molar-refractivity contribution in [3.8, 4) is 27.4 Å². The van der Waals surface area contributed by atoms with Crippen molar-refractivity contribution in [3.63, 3.8) is 0 Å². The van der Waals surface area contributed by atoms with Crippen LogP contribution in [0, 0.1) is 24.2 Å². The molecule has 2 unspecified atom stereocenters. The minimum absolute atomic E-state index is 0.0376. The highest BCUT2D eigenvalue weighted by atomic mass is 32.1. The second-order valence-corrected chi connectivity index (χ2v) is 22.4. The number of β-amino-alcohol motifs (C(OH)–C–C–N with tert-alkyl or cyclic N) is 1. The van der Waals surface area contributed by atoms with Crippen molar-refractivity contribution in [2.75, 3.05) is 54.8 Å². The fourth-order valence-electron chi connectivity index (χ4n) is 11.5. The number of phenolic OH excluding ortho intramolecular Hbond substituents is 1. The Labute approximate surface area is 419 Å². The summed E-state index contributed by atoms with van der Waals surface area (Å²) in [7, 11) is 0. The molecule has 18 heteroatoms. The van der Waals surface area contributed by atoms with E-state index in [0.717, 1.165) is 105 Å². The number of nitrogens with zero attached hydrogens (tertiary/aromatic N) is 9. The van der Waals surface area contributed by atoms with Gasteiger partial charge in [-0.25, -0.2) is 15.0 Å². The second kappa shape index (κ2) is 20.1. The molecule has 2 bridgehead atoms. The largest absolute Gasteiger partial charge is 0.507 e. The van der Waals surface area contributed by atoms with E-state index in [9.17, 15) is 24.6 Å². The maximum Gasteiger partial charge on any atom is 0.246 e. The van der Waals surface area contributed by atoms with Crippen LogP contribution in [-0.4, -0.2) is 132 Å². The molecule has 5 atom stereocenters. The van der Waals surface area contributed by atoms with Crippen molar-refractivity contribution >= 4 is 46.5 Å². The maximum absolute atomic E-state index is 14.2. The topological polar surface area (TPSA) is 219 Å². The number of aliphatic hydroxyl groups excluding tert-OH is 1. The van der Waals surface area contributed by atoms with Gasteiger partial charge in [-0.2, -0.15) is 0 Å². The van der Waals surface area contributed by atoms with Crippen LogP contribution < -0.4 is 26.2 Å². The number of nitrogens with one attached hydrogen (secondary N) is 2. The number of aromatic nitrogens is 5. The predicted octanol–water partition coefficient (Wildman–Crippen LogP) is 5.53. The lowest BCUT2D eigenvalue weighted by Gasteiger charge is -2.42. The zero-order valence-corrected chi connectivity index (χ0v) is 41.9. The summed E-state index contributed by atoms with van der Waals surface area (Å²) in [5, 5.41) is 35.7.